The van der Waals surface area contributed by atoms with Gasteiger partial charge in [0.15, 0.2) is 0 Å². The van der Waals surface area contributed by atoms with Crippen molar-refractivity contribution in [2.24, 2.45) is 5.92 Å². The normalized spacial score (nSPS) is 12.1. The van der Waals surface area contributed by atoms with Gasteiger partial charge in [0.25, 0.3) is 11.9 Å². The first-order valence-electron chi connectivity index (χ1n) is 13.1. The maximum Gasteiger partial charge on any atom is 0.551 e. The summed E-state index contributed by atoms with van der Waals surface area (Å²) in [5.74, 6) is -4.62. The number of likely N-dealkylation sites (N-methyl/N-ethyl adjacent to an activating group) is 1. The van der Waals surface area contributed by atoms with Gasteiger partial charge in [-0.25, -0.2) is 4.98 Å². The summed E-state index contributed by atoms with van der Waals surface area (Å²) in [7, 11) is 1.65. The molecule has 1 aromatic heterocycles. The Hall–Kier alpha value is -4.33. The summed E-state index contributed by atoms with van der Waals surface area (Å²) in [4.78, 5) is 71.3. The third-order valence-corrected chi connectivity index (χ3v) is 5.74. The number of aromatic nitrogens is 2. The number of amides is 3. The van der Waals surface area contributed by atoms with Crippen LogP contribution in [0.15, 0.2) is 48.9 Å². The second kappa shape index (κ2) is 16.7. The van der Waals surface area contributed by atoms with Crippen LogP contribution in [0.25, 0.3) is 0 Å². The van der Waals surface area contributed by atoms with Gasteiger partial charge in [0.1, 0.15) is 18.3 Å². The fraction of sp³-hybridized carbons (Fsp3) is 0.444. The zero-order valence-electron chi connectivity index (χ0n) is 23.6. The van der Waals surface area contributed by atoms with Crippen LogP contribution in [0.2, 0.25) is 0 Å². The standard InChI is InChI=1S/C27H36BN5O8/c1-18(2)14-22(28(40-17-23(34)33(3)4)41-25(37)11-10-24(35)36)32-26(38)20(15-19-8-6-5-7-9-19)31-27(39)21-16-29-12-13-30-21/h5-9,12-13,16,18,20,22H,10-11,14-15,17H2,1-4H3,(H,31,39)(H,32,38)(H,35,36)/t20?,22-/m0/s1. The van der Waals surface area contributed by atoms with Gasteiger partial charge in [-0.05, 0) is 17.9 Å². The van der Waals surface area contributed by atoms with Gasteiger partial charge < -0.3 is 29.9 Å². The summed E-state index contributed by atoms with van der Waals surface area (Å²) >= 11 is 0. The molecule has 0 saturated heterocycles. The highest BCUT2D eigenvalue weighted by Gasteiger charge is 2.38. The lowest BCUT2D eigenvalue weighted by molar-refractivity contribution is -0.143. The largest absolute Gasteiger partial charge is 0.551 e. The summed E-state index contributed by atoms with van der Waals surface area (Å²) in [6.07, 6.45) is 3.57. The highest BCUT2D eigenvalue weighted by atomic mass is 16.6. The van der Waals surface area contributed by atoms with Crippen molar-refractivity contribution >= 4 is 36.8 Å². The fourth-order valence-corrected chi connectivity index (χ4v) is 3.65. The van der Waals surface area contributed by atoms with E-state index in [1.54, 1.807) is 12.1 Å². The molecule has 2 aromatic rings. The Balaban J connectivity index is 2.32. The molecule has 1 aromatic carbocycles. The van der Waals surface area contributed by atoms with Gasteiger partial charge in [-0.15, -0.1) is 0 Å². The number of carbonyl (C=O) groups is 5. The molecule has 1 heterocycles. The predicted molar refractivity (Wildman–Crippen MR) is 148 cm³/mol. The molecule has 41 heavy (non-hydrogen) atoms. The van der Waals surface area contributed by atoms with Crippen LogP contribution in [-0.4, -0.2) is 89.4 Å². The smallest absolute Gasteiger partial charge is 0.508 e. The first-order chi connectivity index (χ1) is 19.5. The summed E-state index contributed by atoms with van der Waals surface area (Å²) in [5, 5.41) is 14.4. The maximum atomic E-state index is 13.6. The van der Waals surface area contributed by atoms with E-state index in [4.69, 9.17) is 14.4 Å². The van der Waals surface area contributed by atoms with E-state index in [1.807, 2.05) is 32.0 Å². The van der Waals surface area contributed by atoms with E-state index in [-0.39, 0.29) is 24.5 Å². The lowest BCUT2D eigenvalue weighted by Gasteiger charge is -2.28. The molecule has 0 saturated carbocycles. The molecule has 2 atom stereocenters. The van der Waals surface area contributed by atoms with E-state index in [0.29, 0.717) is 0 Å². The summed E-state index contributed by atoms with van der Waals surface area (Å²) in [6.45, 7) is 3.31. The van der Waals surface area contributed by atoms with Gasteiger partial charge in [0, 0.05) is 32.9 Å². The average Bonchev–Trinajstić information content (AvgIpc) is 2.93. The molecule has 0 aliphatic carbocycles. The van der Waals surface area contributed by atoms with Crippen LogP contribution >= 0.6 is 0 Å². The van der Waals surface area contributed by atoms with E-state index in [1.165, 1.54) is 37.6 Å². The molecule has 0 bridgehead atoms. The molecule has 0 aliphatic rings. The van der Waals surface area contributed by atoms with E-state index in [2.05, 4.69) is 20.6 Å². The van der Waals surface area contributed by atoms with Gasteiger partial charge in [0.05, 0.1) is 25.0 Å². The van der Waals surface area contributed by atoms with Crippen molar-refractivity contribution in [1.82, 2.24) is 25.5 Å². The Labute approximate surface area is 239 Å². The van der Waals surface area contributed by atoms with E-state index < -0.39 is 68.2 Å². The minimum absolute atomic E-state index is 0.0181. The molecular weight excluding hydrogens is 533 g/mol. The van der Waals surface area contributed by atoms with Crippen LogP contribution < -0.4 is 10.6 Å². The zero-order chi connectivity index (χ0) is 30.4. The minimum Gasteiger partial charge on any atom is -0.508 e. The Morgan fingerprint density at radius 2 is 1.73 bits per heavy atom. The zero-order valence-corrected chi connectivity index (χ0v) is 23.6. The lowest BCUT2D eigenvalue weighted by atomic mass is 9.73. The second-order valence-corrected chi connectivity index (χ2v) is 9.90. The molecule has 0 radical (unpaired) electrons. The Bertz CT molecular complexity index is 1170. The average molecular weight is 569 g/mol. The number of aliphatic carboxylic acids is 1. The molecule has 220 valence electrons. The van der Waals surface area contributed by atoms with Crippen LogP contribution in [0.1, 0.15) is 49.2 Å². The van der Waals surface area contributed by atoms with Gasteiger partial charge in [-0.3, -0.25) is 29.0 Å². The number of carboxylic acid groups (broad SMARTS) is 1. The monoisotopic (exact) mass is 569 g/mol. The van der Waals surface area contributed by atoms with Gasteiger partial charge in [-0.2, -0.15) is 0 Å². The highest BCUT2D eigenvalue weighted by molar-refractivity contribution is 6.49. The summed E-state index contributed by atoms with van der Waals surface area (Å²) < 4.78 is 11.1. The molecule has 14 heteroatoms. The predicted octanol–water partition coefficient (Wildman–Crippen LogP) is 0.889. The SMILES string of the molecule is CC(C)C[C@H](NC(=O)C(Cc1ccccc1)NC(=O)c1cnccn1)B(OCC(=O)N(C)C)OC(=O)CCC(=O)O. The molecule has 2 rings (SSSR count). The van der Waals surface area contributed by atoms with Crippen LogP contribution in [0.3, 0.4) is 0 Å². The first-order valence-corrected chi connectivity index (χ1v) is 13.1. The van der Waals surface area contributed by atoms with Crippen molar-refractivity contribution in [3.8, 4) is 0 Å². The Kier molecular flexibility index (Phi) is 13.4. The number of rotatable bonds is 16. The molecular formula is C27H36BN5O8. The number of benzene rings is 1. The molecule has 0 aliphatic heterocycles. The van der Waals surface area contributed by atoms with Crippen LogP contribution in [0.4, 0.5) is 0 Å². The molecule has 13 nitrogen and oxygen atoms in total. The van der Waals surface area contributed by atoms with Gasteiger partial charge in [-0.1, -0.05) is 44.2 Å². The fourth-order valence-electron chi connectivity index (χ4n) is 3.65. The molecule has 0 fully saturated rings. The van der Waals surface area contributed by atoms with Crippen molar-refractivity contribution in [2.75, 3.05) is 20.7 Å². The highest BCUT2D eigenvalue weighted by Crippen LogP contribution is 2.13. The molecule has 3 N–H and O–H groups in total. The topological polar surface area (TPSA) is 177 Å². The quantitative estimate of drug-likeness (QED) is 0.246. The number of hydrogen-bond acceptors (Lipinski definition) is 9. The third kappa shape index (κ3) is 12.2. The van der Waals surface area contributed by atoms with Crippen molar-refractivity contribution < 1.29 is 38.4 Å². The molecule has 0 spiro atoms. The first kappa shape index (κ1) is 32.9. The van der Waals surface area contributed by atoms with Gasteiger partial charge in [0.2, 0.25) is 11.8 Å². The minimum atomic E-state index is -1.40. The Morgan fingerprint density at radius 1 is 1.02 bits per heavy atom. The molecule has 1 unspecified atom stereocenters. The van der Waals surface area contributed by atoms with Crippen molar-refractivity contribution in [1.29, 1.82) is 0 Å². The van der Waals surface area contributed by atoms with E-state index in [9.17, 15) is 24.0 Å². The van der Waals surface area contributed by atoms with Crippen LogP contribution in [-0.2, 0) is 34.9 Å². The number of carbonyl (C=O) groups excluding carboxylic acids is 4. The molecule has 3 amide bonds. The number of hydrogen-bond donors (Lipinski definition) is 3. The summed E-state index contributed by atoms with van der Waals surface area (Å²) in [5.41, 5.74) is 0.796. The Morgan fingerprint density at radius 3 is 2.32 bits per heavy atom. The van der Waals surface area contributed by atoms with Crippen LogP contribution in [0.5, 0.6) is 0 Å². The summed E-state index contributed by atoms with van der Waals surface area (Å²) in [6, 6.07) is 7.99. The number of nitrogens with zero attached hydrogens (tertiary/aromatic N) is 3. The van der Waals surface area contributed by atoms with Crippen LogP contribution in [0, 0.1) is 5.92 Å². The maximum absolute atomic E-state index is 13.6. The van der Waals surface area contributed by atoms with E-state index >= 15 is 0 Å². The second-order valence-electron chi connectivity index (χ2n) is 9.90. The van der Waals surface area contributed by atoms with Gasteiger partial charge >= 0.3 is 13.1 Å². The van der Waals surface area contributed by atoms with E-state index in [0.717, 1.165) is 5.56 Å². The van der Waals surface area contributed by atoms with Crippen molar-refractivity contribution in [2.45, 2.75) is 51.5 Å². The van der Waals surface area contributed by atoms with Crippen molar-refractivity contribution in [3.05, 3.63) is 60.2 Å². The number of nitrogens with one attached hydrogen (secondary N) is 2. The number of carboxylic acids is 1. The van der Waals surface area contributed by atoms with Crippen molar-refractivity contribution in [3.63, 3.8) is 0 Å². The third-order valence-electron chi connectivity index (χ3n) is 5.74. The lowest BCUT2D eigenvalue weighted by Crippen LogP contribution is -2.57.